The minimum atomic E-state index is -0.183. The fourth-order valence-electron chi connectivity index (χ4n) is 2.44. The molecule has 0 heterocycles. The van der Waals surface area contributed by atoms with Crippen molar-refractivity contribution >= 4 is 5.84 Å². The molecule has 3 heteroatoms. The maximum atomic E-state index is 7.51. The maximum absolute atomic E-state index is 7.51. The molecule has 106 valence electrons. The highest BCUT2D eigenvalue weighted by molar-refractivity contribution is 5.82. The average Bonchev–Trinajstić information content (AvgIpc) is 2.26. The van der Waals surface area contributed by atoms with Crippen molar-refractivity contribution in [1.29, 1.82) is 5.41 Å². The van der Waals surface area contributed by atoms with Gasteiger partial charge in [0, 0.05) is 12.0 Å². The van der Waals surface area contributed by atoms with Gasteiger partial charge >= 0.3 is 0 Å². The monoisotopic (exact) mass is 254 g/mol. The normalized spacial score (nSPS) is 20.9. The fraction of sp³-hybridized carbons (Fsp3) is 0.933. The summed E-state index contributed by atoms with van der Waals surface area (Å²) in [6.07, 6.45) is 7.32. The third kappa shape index (κ3) is 4.97. The van der Waals surface area contributed by atoms with Gasteiger partial charge in [-0.05, 0) is 43.9 Å². The van der Waals surface area contributed by atoms with E-state index in [0.29, 0.717) is 11.5 Å². The van der Waals surface area contributed by atoms with E-state index < -0.39 is 0 Å². The SMILES string of the molecule is CC1(C)CCC(OCCCC(C)(C)C(=N)N)CC1. The number of hydrogen-bond acceptors (Lipinski definition) is 2. The topological polar surface area (TPSA) is 59.1 Å². The second kappa shape index (κ2) is 6.05. The van der Waals surface area contributed by atoms with Crippen molar-refractivity contribution in [3.05, 3.63) is 0 Å². The van der Waals surface area contributed by atoms with Crippen LogP contribution in [0, 0.1) is 16.2 Å². The van der Waals surface area contributed by atoms with Crippen LogP contribution in [0.25, 0.3) is 0 Å². The number of nitrogens with one attached hydrogen (secondary N) is 1. The molecule has 0 unspecified atom stereocenters. The summed E-state index contributed by atoms with van der Waals surface area (Å²) in [5, 5.41) is 7.51. The number of rotatable bonds is 6. The van der Waals surface area contributed by atoms with Gasteiger partial charge in [0.05, 0.1) is 11.9 Å². The summed E-state index contributed by atoms with van der Waals surface area (Å²) in [5.74, 6) is 0.280. The van der Waals surface area contributed by atoms with Crippen LogP contribution < -0.4 is 5.73 Å². The van der Waals surface area contributed by atoms with E-state index in [0.717, 1.165) is 19.4 Å². The number of amidine groups is 1. The fourth-order valence-corrected chi connectivity index (χ4v) is 2.44. The second-order valence-electron chi connectivity index (χ2n) is 7.14. The van der Waals surface area contributed by atoms with E-state index in [1.807, 2.05) is 13.8 Å². The second-order valence-corrected chi connectivity index (χ2v) is 7.14. The molecular weight excluding hydrogens is 224 g/mol. The standard InChI is InChI=1S/C15H30N2O/c1-14(2)9-6-12(7-10-14)18-11-5-8-15(3,4)13(16)17/h12H,5-11H2,1-4H3,(H3,16,17). The van der Waals surface area contributed by atoms with E-state index in [-0.39, 0.29) is 11.3 Å². The lowest BCUT2D eigenvalue weighted by atomic mass is 9.76. The zero-order valence-corrected chi connectivity index (χ0v) is 12.5. The quantitative estimate of drug-likeness (QED) is 0.431. The van der Waals surface area contributed by atoms with Gasteiger partial charge in [0.15, 0.2) is 0 Å². The predicted octanol–water partition coefficient (Wildman–Crippen LogP) is 3.71. The summed E-state index contributed by atoms with van der Waals surface area (Å²) in [6, 6.07) is 0. The molecule has 1 fully saturated rings. The maximum Gasteiger partial charge on any atom is 0.0963 e. The van der Waals surface area contributed by atoms with Crippen LogP contribution in [0.1, 0.15) is 66.2 Å². The van der Waals surface area contributed by atoms with Crippen LogP contribution in [-0.4, -0.2) is 18.5 Å². The molecule has 1 aliphatic carbocycles. The summed E-state index contributed by atoms with van der Waals surface area (Å²) < 4.78 is 5.94. The molecule has 3 N–H and O–H groups in total. The largest absolute Gasteiger partial charge is 0.387 e. The van der Waals surface area contributed by atoms with Crippen molar-refractivity contribution in [2.75, 3.05) is 6.61 Å². The summed E-state index contributed by atoms with van der Waals surface area (Å²) in [5.41, 5.74) is 5.90. The zero-order chi connectivity index (χ0) is 13.8. The van der Waals surface area contributed by atoms with Gasteiger partial charge in [-0.1, -0.05) is 27.7 Å². The summed E-state index contributed by atoms with van der Waals surface area (Å²) in [6.45, 7) is 9.55. The lowest BCUT2D eigenvalue weighted by Crippen LogP contribution is -2.31. The Morgan fingerprint density at radius 2 is 1.89 bits per heavy atom. The highest BCUT2D eigenvalue weighted by atomic mass is 16.5. The molecule has 0 aromatic carbocycles. The smallest absolute Gasteiger partial charge is 0.0963 e. The molecule has 0 radical (unpaired) electrons. The van der Waals surface area contributed by atoms with E-state index in [1.165, 1.54) is 25.7 Å². The zero-order valence-electron chi connectivity index (χ0n) is 12.5. The van der Waals surface area contributed by atoms with Crippen LogP contribution in [0.3, 0.4) is 0 Å². The highest BCUT2D eigenvalue weighted by Crippen LogP contribution is 2.36. The van der Waals surface area contributed by atoms with Gasteiger partial charge in [0.2, 0.25) is 0 Å². The molecular formula is C15H30N2O. The Hall–Kier alpha value is -0.570. The first-order valence-corrected chi connectivity index (χ1v) is 7.19. The summed E-state index contributed by atoms with van der Waals surface area (Å²) in [7, 11) is 0. The Morgan fingerprint density at radius 1 is 1.33 bits per heavy atom. The lowest BCUT2D eigenvalue weighted by molar-refractivity contribution is 0.00138. The van der Waals surface area contributed by atoms with E-state index in [4.69, 9.17) is 15.9 Å². The third-order valence-corrected chi connectivity index (χ3v) is 4.31. The van der Waals surface area contributed by atoms with Gasteiger partial charge in [-0.3, -0.25) is 5.41 Å². The number of ether oxygens (including phenoxy) is 1. The molecule has 0 aromatic heterocycles. The molecule has 1 saturated carbocycles. The van der Waals surface area contributed by atoms with Gasteiger partial charge in [0.1, 0.15) is 0 Å². The minimum Gasteiger partial charge on any atom is -0.387 e. The predicted molar refractivity (Wildman–Crippen MR) is 76.9 cm³/mol. The van der Waals surface area contributed by atoms with Crippen LogP contribution in [0.5, 0.6) is 0 Å². The molecule has 0 spiro atoms. The lowest BCUT2D eigenvalue weighted by Gasteiger charge is -2.34. The van der Waals surface area contributed by atoms with Crippen molar-refractivity contribution < 1.29 is 4.74 Å². The van der Waals surface area contributed by atoms with Crippen molar-refractivity contribution in [1.82, 2.24) is 0 Å². The van der Waals surface area contributed by atoms with Crippen molar-refractivity contribution in [2.45, 2.75) is 72.3 Å². The highest BCUT2D eigenvalue weighted by Gasteiger charge is 2.27. The first kappa shape index (κ1) is 15.5. The molecule has 0 saturated heterocycles. The molecule has 0 amide bonds. The number of hydrogen-bond donors (Lipinski definition) is 2. The van der Waals surface area contributed by atoms with Crippen molar-refractivity contribution in [3.63, 3.8) is 0 Å². The molecule has 3 nitrogen and oxygen atoms in total. The summed E-state index contributed by atoms with van der Waals surface area (Å²) >= 11 is 0. The molecule has 0 atom stereocenters. The Labute approximate surface area is 112 Å². The Balaban J connectivity index is 2.14. The van der Waals surface area contributed by atoms with E-state index >= 15 is 0 Å². The van der Waals surface area contributed by atoms with Gasteiger partial charge in [-0.15, -0.1) is 0 Å². The van der Waals surface area contributed by atoms with E-state index in [9.17, 15) is 0 Å². The van der Waals surface area contributed by atoms with E-state index in [2.05, 4.69) is 13.8 Å². The summed E-state index contributed by atoms with van der Waals surface area (Å²) in [4.78, 5) is 0. The van der Waals surface area contributed by atoms with Gasteiger partial charge in [-0.25, -0.2) is 0 Å². The molecule has 0 aromatic rings. The Morgan fingerprint density at radius 3 is 2.39 bits per heavy atom. The first-order chi connectivity index (χ1) is 8.23. The Bertz CT molecular complexity index is 274. The molecule has 0 bridgehead atoms. The van der Waals surface area contributed by atoms with Crippen LogP contribution in [0.15, 0.2) is 0 Å². The van der Waals surface area contributed by atoms with Crippen molar-refractivity contribution in [3.8, 4) is 0 Å². The van der Waals surface area contributed by atoms with Crippen LogP contribution >= 0.6 is 0 Å². The Kier molecular flexibility index (Phi) is 5.20. The van der Waals surface area contributed by atoms with Gasteiger partial charge < -0.3 is 10.5 Å². The average molecular weight is 254 g/mol. The van der Waals surface area contributed by atoms with Gasteiger partial charge in [-0.2, -0.15) is 0 Å². The first-order valence-electron chi connectivity index (χ1n) is 7.19. The van der Waals surface area contributed by atoms with Crippen LogP contribution in [-0.2, 0) is 4.74 Å². The molecule has 18 heavy (non-hydrogen) atoms. The van der Waals surface area contributed by atoms with E-state index in [1.54, 1.807) is 0 Å². The van der Waals surface area contributed by atoms with Crippen LogP contribution in [0.4, 0.5) is 0 Å². The van der Waals surface area contributed by atoms with Gasteiger partial charge in [0.25, 0.3) is 0 Å². The van der Waals surface area contributed by atoms with Crippen molar-refractivity contribution in [2.24, 2.45) is 16.6 Å². The van der Waals surface area contributed by atoms with Crippen LogP contribution in [0.2, 0.25) is 0 Å². The molecule has 1 aliphatic rings. The molecule has 1 rings (SSSR count). The molecule has 0 aliphatic heterocycles. The minimum absolute atomic E-state index is 0.183. The third-order valence-electron chi connectivity index (χ3n) is 4.31. The number of nitrogens with two attached hydrogens (primary N) is 1.